The quantitative estimate of drug-likeness (QED) is 0.574. The zero-order valence-electron chi connectivity index (χ0n) is 9.92. The highest BCUT2D eigenvalue weighted by molar-refractivity contribution is 9.10. The van der Waals surface area contributed by atoms with Crippen molar-refractivity contribution in [3.8, 4) is 0 Å². The van der Waals surface area contributed by atoms with Gasteiger partial charge in [-0.25, -0.2) is 0 Å². The van der Waals surface area contributed by atoms with E-state index in [9.17, 15) is 4.79 Å². The van der Waals surface area contributed by atoms with Crippen molar-refractivity contribution >= 4 is 33.5 Å². The molecule has 0 aliphatic rings. The standard InChI is InChI=1S/C13H17BrOS/c1-9(2)6-7-16-13-5-4-11(14)8-12(13)10(3)15/h4-5,8-9H,6-7H2,1-3H3. The number of thioether (sulfide) groups is 1. The summed E-state index contributed by atoms with van der Waals surface area (Å²) in [6, 6.07) is 5.91. The number of Topliss-reactive ketones (excluding diaryl/α,β-unsaturated/α-hetero) is 1. The fourth-order valence-corrected chi connectivity index (χ4v) is 3.00. The van der Waals surface area contributed by atoms with Crippen molar-refractivity contribution in [1.82, 2.24) is 0 Å². The number of rotatable bonds is 5. The van der Waals surface area contributed by atoms with Crippen LogP contribution < -0.4 is 0 Å². The number of carbonyl (C=O) groups is 1. The van der Waals surface area contributed by atoms with Gasteiger partial charge in [0.2, 0.25) is 0 Å². The van der Waals surface area contributed by atoms with Crippen molar-refractivity contribution in [1.29, 1.82) is 0 Å². The van der Waals surface area contributed by atoms with Crippen LogP contribution in [0.25, 0.3) is 0 Å². The summed E-state index contributed by atoms with van der Waals surface area (Å²) < 4.78 is 0.964. The Hall–Kier alpha value is -0.280. The van der Waals surface area contributed by atoms with Crippen LogP contribution >= 0.6 is 27.7 Å². The lowest BCUT2D eigenvalue weighted by Gasteiger charge is -2.08. The second kappa shape index (κ2) is 6.45. The topological polar surface area (TPSA) is 17.1 Å². The molecule has 0 spiro atoms. The molecule has 0 amide bonds. The van der Waals surface area contributed by atoms with E-state index in [-0.39, 0.29) is 5.78 Å². The zero-order chi connectivity index (χ0) is 12.1. The average Bonchev–Trinajstić information content (AvgIpc) is 2.19. The molecule has 16 heavy (non-hydrogen) atoms. The highest BCUT2D eigenvalue weighted by Gasteiger charge is 2.08. The molecule has 0 aliphatic heterocycles. The summed E-state index contributed by atoms with van der Waals surface area (Å²) in [4.78, 5) is 12.6. The lowest BCUT2D eigenvalue weighted by Crippen LogP contribution is -1.96. The van der Waals surface area contributed by atoms with Gasteiger partial charge >= 0.3 is 0 Å². The molecule has 0 bridgehead atoms. The van der Waals surface area contributed by atoms with E-state index in [4.69, 9.17) is 0 Å². The average molecular weight is 301 g/mol. The fraction of sp³-hybridized carbons (Fsp3) is 0.462. The molecule has 0 unspecified atom stereocenters. The summed E-state index contributed by atoms with van der Waals surface area (Å²) in [5.41, 5.74) is 0.822. The maximum atomic E-state index is 11.5. The third kappa shape index (κ3) is 4.30. The van der Waals surface area contributed by atoms with E-state index >= 15 is 0 Å². The van der Waals surface area contributed by atoms with E-state index in [0.717, 1.165) is 20.7 Å². The van der Waals surface area contributed by atoms with E-state index in [1.54, 1.807) is 18.7 Å². The first-order chi connectivity index (χ1) is 7.50. The number of halogens is 1. The Kier molecular flexibility index (Phi) is 5.56. The van der Waals surface area contributed by atoms with E-state index in [2.05, 4.69) is 29.8 Å². The van der Waals surface area contributed by atoms with Crippen LogP contribution in [-0.2, 0) is 0 Å². The molecule has 0 saturated carbocycles. The van der Waals surface area contributed by atoms with Crippen LogP contribution in [0.1, 0.15) is 37.6 Å². The largest absolute Gasteiger partial charge is 0.294 e. The second-order valence-electron chi connectivity index (χ2n) is 4.23. The van der Waals surface area contributed by atoms with E-state index in [1.807, 2.05) is 18.2 Å². The number of ketones is 1. The van der Waals surface area contributed by atoms with E-state index in [0.29, 0.717) is 5.92 Å². The molecule has 0 N–H and O–H groups in total. The molecule has 0 aliphatic carbocycles. The molecule has 0 atom stereocenters. The maximum absolute atomic E-state index is 11.5. The Morgan fingerprint density at radius 2 is 2.12 bits per heavy atom. The lowest BCUT2D eigenvalue weighted by atomic mass is 10.1. The molecule has 0 fully saturated rings. The van der Waals surface area contributed by atoms with Crippen LogP contribution in [0.15, 0.2) is 27.6 Å². The van der Waals surface area contributed by atoms with Crippen LogP contribution in [-0.4, -0.2) is 11.5 Å². The summed E-state index contributed by atoms with van der Waals surface area (Å²) in [7, 11) is 0. The van der Waals surface area contributed by atoms with Gasteiger partial charge < -0.3 is 0 Å². The Balaban J connectivity index is 2.75. The van der Waals surface area contributed by atoms with Crippen LogP contribution in [0, 0.1) is 5.92 Å². The second-order valence-corrected chi connectivity index (χ2v) is 6.28. The highest BCUT2D eigenvalue weighted by atomic mass is 79.9. The Labute approximate surface area is 110 Å². The number of hydrogen-bond acceptors (Lipinski definition) is 2. The Morgan fingerprint density at radius 3 is 2.69 bits per heavy atom. The normalized spacial score (nSPS) is 10.8. The van der Waals surface area contributed by atoms with Gasteiger partial charge in [-0.1, -0.05) is 29.8 Å². The molecular weight excluding hydrogens is 284 g/mol. The predicted octanol–water partition coefficient (Wildman–Crippen LogP) is 4.79. The monoisotopic (exact) mass is 300 g/mol. The molecule has 1 nitrogen and oxygen atoms in total. The van der Waals surface area contributed by atoms with Gasteiger partial charge in [-0.05, 0) is 43.2 Å². The lowest BCUT2D eigenvalue weighted by molar-refractivity contribution is 0.101. The van der Waals surface area contributed by atoms with Gasteiger partial charge in [0.05, 0.1) is 0 Å². The molecule has 0 aromatic heterocycles. The molecule has 0 saturated heterocycles. The molecule has 88 valence electrons. The summed E-state index contributed by atoms with van der Waals surface area (Å²) in [5, 5.41) is 0. The molecule has 3 heteroatoms. The minimum absolute atomic E-state index is 0.133. The summed E-state index contributed by atoms with van der Waals surface area (Å²) >= 11 is 5.17. The minimum atomic E-state index is 0.133. The summed E-state index contributed by atoms with van der Waals surface area (Å²) in [6.45, 7) is 6.05. The van der Waals surface area contributed by atoms with E-state index < -0.39 is 0 Å². The van der Waals surface area contributed by atoms with Gasteiger partial charge in [0.15, 0.2) is 5.78 Å². The first-order valence-electron chi connectivity index (χ1n) is 5.44. The van der Waals surface area contributed by atoms with Crippen molar-refractivity contribution < 1.29 is 4.79 Å². The van der Waals surface area contributed by atoms with Gasteiger partial charge in [0.25, 0.3) is 0 Å². The minimum Gasteiger partial charge on any atom is -0.294 e. The number of carbonyl (C=O) groups excluding carboxylic acids is 1. The number of benzene rings is 1. The van der Waals surface area contributed by atoms with Crippen LogP contribution in [0.2, 0.25) is 0 Å². The molecule has 1 aromatic rings. The van der Waals surface area contributed by atoms with Crippen LogP contribution in [0.3, 0.4) is 0 Å². The smallest absolute Gasteiger partial charge is 0.160 e. The first kappa shape index (κ1) is 13.8. The predicted molar refractivity (Wildman–Crippen MR) is 74.3 cm³/mol. The van der Waals surface area contributed by atoms with Gasteiger partial charge in [0.1, 0.15) is 0 Å². The first-order valence-corrected chi connectivity index (χ1v) is 7.22. The number of hydrogen-bond donors (Lipinski definition) is 0. The van der Waals surface area contributed by atoms with Crippen molar-refractivity contribution in [3.63, 3.8) is 0 Å². The fourth-order valence-electron chi connectivity index (χ4n) is 1.31. The molecule has 0 heterocycles. The third-order valence-electron chi connectivity index (χ3n) is 2.27. The third-order valence-corrected chi connectivity index (χ3v) is 3.87. The van der Waals surface area contributed by atoms with Crippen LogP contribution in [0.5, 0.6) is 0 Å². The summed E-state index contributed by atoms with van der Waals surface area (Å²) in [6.07, 6.45) is 1.18. The highest BCUT2D eigenvalue weighted by Crippen LogP contribution is 2.27. The maximum Gasteiger partial charge on any atom is 0.160 e. The van der Waals surface area contributed by atoms with Crippen molar-refractivity contribution in [2.45, 2.75) is 32.1 Å². The van der Waals surface area contributed by atoms with E-state index in [1.165, 1.54) is 6.42 Å². The van der Waals surface area contributed by atoms with Crippen molar-refractivity contribution in [2.75, 3.05) is 5.75 Å². The van der Waals surface area contributed by atoms with Crippen LogP contribution in [0.4, 0.5) is 0 Å². The summed E-state index contributed by atoms with van der Waals surface area (Å²) in [5.74, 6) is 1.91. The van der Waals surface area contributed by atoms with Crippen molar-refractivity contribution in [2.24, 2.45) is 5.92 Å². The molecular formula is C13H17BrOS. The van der Waals surface area contributed by atoms with Gasteiger partial charge in [-0.3, -0.25) is 4.79 Å². The molecule has 0 radical (unpaired) electrons. The van der Waals surface area contributed by atoms with Gasteiger partial charge in [0, 0.05) is 14.9 Å². The van der Waals surface area contributed by atoms with Gasteiger partial charge in [-0.2, -0.15) is 0 Å². The van der Waals surface area contributed by atoms with Gasteiger partial charge in [-0.15, -0.1) is 11.8 Å². The van der Waals surface area contributed by atoms with Crippen molar-refractivity contribution in [3.05, 3.63) is 28.2 Å². The zero-order valence-corrected chi connectivity index (χ0v) is 12.3. The SMILES string of the molecule is CC(=O)c1cc(Br)ccc1SCCC(C)C. The molecule has 1 rings (SSSR count). The Morgan fingerprint density at radius 1 is 1.44 bits per heavy atom. The molecule has 1 aromatic carbocycles. The Bertz CT molecular complexity index is 374.